The van der Waals surface area contributed by atoms with E-state index in [1.165, 1.54) is 0 Å². The van der Waals surface area contributed by atoms with Gasteiger partial charge in [0.1, 0.15) is 0 Å². The standard InChI is InChI=1S/C12H23NO4/c1-4-6-7-8-10(13(3)9-5-2)17-12(16)11(14)15/h10H,4-9H2,1-3H3,(H,14,15). The second-order valence-electron chi connectivity index (χ2n) is 4.14. The SMILES string of the molecule is CCCCCC(OC(=O)C(=O)O)N(C)CCC. The van der Waals surface area contributed by atoms with Crippen molar-refractivity contribution in [1.82, 2.24) is 4.90 Å². The summed E-state index contributed by atoms with van der Waals surface area (Å²) in [6, 6.07) is 0. The molecule has 1 unspecified atom stereocenters. The van der Waals surface area contributed by atoms with Crippen LogP contribution in [-0.2, 0) is 14.3 Å². The van der Waals surface area contributed by atoms with E-state index in [2.05, 4.69) is 6.92 Å². The molecule has 5 heteroatoms. The van der Waals surface area contributed by atoms with Crippen molar-refractivity contribution in [3.8, 4) is 0 Å². The fourth-order valence-electron chi connectivity index (χ4n) is 1.61. The summed E-state index contributed by atoms with van der Waals surface area (Å²) < 4.78 is 4.96. The van der Waals surface area contributed by atoms with Gasteiger partial charge in [0.2, 0.25) is 0 Å². The van der Waals surface area contributed by atoms with Crippen molar-refractivity contribution in [2.75, 3.05) is 13.6 Å². The molecule has 17 heavy (non-hydrogen) atoms. The van der Waals surface area contributed by atoms with Gasteiger partial charge in [-0.3, -0.25) is 4.90 Å². The molecule has 0 spiro atoms. The highest BCUT2D eigenvalue weighted by Crippen LogP contribution is 2.11. The zero-order chi connectivity index (χ0) is 13.3. The van der Waals surface area contributed by atoms with Crippen molar-refractivity contribution in [1.29, 1.82) is 0 Å². The number of hydrogen-bond acceptors (Lipinski definition) is 4. The van der Waals surface area contributed by atoms with Crippen molar-refractivity contribution in [3.63, 3.8) is 0 Å². The maximum Gasteiger partial charge on any atom is 0.418 e. The molecule has 0 aromatic carbocycles. The monoisotopic (exact) mass is 245 g/mol. The molecule has 100 valence electrons. The van der Waals surface area contributed by atoms with E-state index in [1.807, 2.05) is 18.9 Å². The number of nitrogens with zero attached hydrogens (tertiary/aromatic N) is 1. The van der Waals surface area contributed by atoms with Crippen LogP contribution in [0.1, 0.15) is 46.0 Å². The first-order valence-electron chi connectivity index (χ1n) is 6.17. The molecule has 0 fully saturated rings. The Morgan fingerprint density at radius 2 is 1.88 bits per heavy atom. The number of unbranched alkanes of at least 4 members (excludes halogenated alkanes) is 2. The molecule has 0 aliphatic rings. The first-order valence-corrected chi connectivity index (χ1v) is 6.17. The molecule has 1 atom stereocenters. The Labute approximate surface area is 103 Å². The van der Waals surface area contributed by atoms with Gasteiger partial charge in [0.25, 0.3) is 0 Å². The smallest absolute Gasteiger partial charge is 0.418 e. The number of carboxylic acids is 1. The van der Waals surface area contributed by atoms with E-state index in [0.29, 0.717) is 6.42 Å². The molecule has 0 aromatic heterocycles. The lowest BCUT2D eigenvalue weighted by molar-refractivity contribution is -0.173. The van der Waals surface area contributed by atoms with E-state index >= 15 is 0 Å². The van der Waals surface area contributed by atoms with Crippen LogP contribution < -0.4 is 0 Å². The third-order valence-corrected chi connectivity index (χ3v) is 2.54. The Kier molecular flexibility index (Phi) is 8.40. The van der Waals surface area contributed by atoms with E-state index in [1.54, 1.807) is 0 Å². The Bertz CT molecular complexity index is 243. The summed E-state index contributed by atoms with van der Waals surface area (Å²) >= 11 is 0. The molecule has 1 N–H and O–H groups in total. The minimum absolute atomic E-state index is 0.426. The first kappa shape index (κ1) is 15.9. The Morgan fingerprint density at radius 3 is 2.35 bits per heavy atom. The minimum Gasteiger partial charge on any atom is -0.473 e. The van der Waals surface area contributed by atoms with E-state index in [9.17, 15) is 9.59 Å². The zero-order valence-corrected chi connectivity index (χ0v) is 10.9. The number of carbonyl (C=O) groups is 2. The molecule has 0 aliphatic carbocycles. The quantitative estimate of drug-likeness (QED) is 0.306. The maximum atomic E-state index is 11.0. The van der Waals surface area contributed by atoms with Crippen molar-refractivity contribution >= 4 is 11.9 Å². The fraction of sp³-hybridized carbons (Fsp3) is 0.833. The third kappa shape index (κ3) is 6.94. The van der Waals surface area contributed by atoms with Gasteiger partial charge in [-0.15, -0.1) is 0 Å². The van der Waals surface area contributed by atoms with Crippen molar-refractivity contribution in [2.24, 2.45) is 0 Å². The largest absolute Gasteiger partial charge is 0.473 e. The molecule has 5 nitrogen and oxygen atoms in total. The van der Waals surface area contributed by atoms with Crippen LogP contribution in [0.4, 0.5) is 0 Å². The van der Waals surface area contributed by atoms with Gasteiger partial charge in [-0.05, 0) is 26.3 Å². The summed E-state index contributed by atoms with van der Waals surface area (Å²) in [5.41, 5.74) is 0. The van der Waals surface area contributed by atoms with E-state index < -0.39 is 18.2 Å². The van der Waals surface area contributed by atoms with Crippen LogP contribution in [0.3, 0.4) is 0 Å². The van der Waals surface area contributed by atoms with Gasteiger partial charge in [-0.1, -0.05) is 26.7 Å². The van der Waals surface area contributed by atoms with Gasteiger partial charge in [0.15, 0.2) is 6.23 Å². The normalized spacial score (nSPS) is 12.5. The molecular weight excluding hydrogens is 222 g/mol. The molecule has 0 saturated carbocycles. The summed E-state index contributed by atoms with van der Waals surface area (Å²) in [4.78, 5) is 23.4. The molecule has 0 radical (unpaired) electrons. The van der Waals surface area contributed by atoms with Crippen LogP contribution in [0.25, 0.3) is 0 Å². The summed E-state index contributed by atoms with van der Waals surface area (Å²) in [5, 5.41) is 8.52. The van der Waals surface area contributed by atoms with Gasteiger partial charge >= 0.3 is 11.9 Å². The predicted molar refractivity (Wildman–Crippen MR) is 64.6 cm³/mol. The highest BCUT2D eigenvalue weighted by molar-refractivity contribution is 6.28. The van der Waals surface area contributed by atoms with Crippen molar-refractivity contribution in [3.05, 3.63) is 0 Å². The van der Waals surface area contributed by atoms with Gasteiger partial charge < -0.3 is 9.84 Å². The van der Waals surface area contributed by atoms with Gasteiger partial charge in [0.05, 0.1) is 0 Å². The van der Waals surface area contributed by atoms with Gasteiger partial charge in [-0.2, -0.15) is 0 Å². The van der Waals surface area contributed by atoms with Crippen LogP contribution in [0, 0.1) is 0 Å². The molecule has 0 aromatic rings. The number of aliphatic carboxylic acids is 1. The fourth-order valence-corrected chi connectivity index (χ4v) is 1.61. The van der Waals surface area contributed by atoms with Crippen LogP contribution in [-0.4, -0.2) is 41.8 Å². The number of esters is 1. The van der Waals surface area contributed by atoms with Gasteiger partial charge in [0, 0.05) is 6.54 Å². The zero-order valence-electron chi connectivity index (χ0n) is 10.9. The molecule has 0 bridgehead atoms. The molecule has 0 rings (SSSR count). The van der Waals surface area contributed by atoms with E-state index in [0.717, 1.165) is 32.2 Å². The summed E-state index contributed by atoms with van der Waals surface area (Å²) in [5.74, 6) is -2.70. The summed E-state index contributed by atoms with van der Waals surface area (Å²) in [6.45, 7) is 4.90. The van der Waals surface area contributed by atoms with Crippen LogP contribution >= 0.6 is 0 Å². The average molecular weight is 245 g/mol. The third-order valence-electron chi connectivity index (χ3n) is 2.54. The molecule has 0 heterocycles. The van der Waals surface area contributed by atoms with Crippen molar-refractivity contribution < 1.29 is 19.4 Å². The molecule has 0 amide bonds. The Morgan fingerprint density at radius 1 is 1.24 bits per heavy atom. The number of carbonyl (C=O) groups excluding carboxylic acids is 1. The van der Waals surface area contributed by atoms with E-state index in [-0.39, 0.29) is 0 Å². The maximum absolute atomic E-state index is 11.0. The lowest BCUT2D eigenvalue weighted by Gasteiger charge is -2.26. The second-order valence-corrected chi connectivity index (χ2v) is 4.14. The van der Waals surface area contributed by atoms with Crippen LogP contribution in [0.5, 0.6) is 0 Å². The first-order chi connectivity index (χ1) is 8.02. The topological polar surface area (TPSA) is 66.8 Å². The highest BCUT2D eigenvalue weighted by Gasteiger charge is 2.22. The summed E-state index contributed by atoms with van der Waals surface area (Å²) in [7, 11) is 1.84. The number of carboxylic acid groups (broad SMARTS) is 1. The van der Waals surface area contributed by atoms with Crippen LogP contribution in [0.2, 0.25) is 0 Å². The Balaban J connectivity index is 4.28. The second kappa shape index (κ2) is 8.98. The lowest BCUT2D eigenvalue weighted by atomic mass is 10.2. The highest BCUT2D eigenvalue weighted by atomic mass is 16.6. The average Bonchev–Trinajstić information content (AvgIpc) is 2.27. The molecule has 0 saturated heterocycles. The Hall–Kier alpha value is -1.10. The molecular formula is C12H23NO4. The van der Waals surface area contributed by atoms with Crippen LogP contribution in [0.15, 0.2) is 0 Å². The van der Waals surface area contributed by atoms with Crippen molar-refractivity contribution in [2.45, 2.75) is 52.2 Å². The minimum atomic E-state index is -1.53. The molecule has 0 aliphatic heterocycles. The number of rotatable bonds is 8. The lowest BCUT2D eigenvalue weighted by Crippen LogP contribution is -2.38. The predicted octanol–water partition coefficient (Wildman–Crippen LogP) is 1.86. The van der Waals surface area contributed by atoms with Gasteiger partial charge in [-0.25, -0.2) is 9.59 Å². The van der Waals surface area contributed by atoms with E-state index in [4.69, 9.17) is 9.84 Å². The number of hydrogen-bond donors (Lipinski definition) is 1. The summed E-state index contributed by atoms with van der Waals surface area (Å²) in [6.07, 6.45) is 4.26. The number of ether oxygens (including phenoxy) is 1.